The first-order valence-electron chi connectivity index (χ1n) is 10.2. The Morgan fingerprint density at radius 3 is 2.21 bits per heavy atom. The van der Waals surface area contributed by atoms with Crippen LogP contribution in [0.1, 0.15) is 17.5 Å². The summed E-state index contributed by atoms with van der Waals surface area (Å²) in [7, 11) is 1.40. The molecular weight excluding hydrogens is 364 g/mol. The Hall–Kier alpha value is -2.88. The second-order valence-electron chi connectivity index (χ2n) is 8.34. The normalized spacial score (nSPS) is 31.6. The lowest BCUT2D eigenvalue weighted by Crippen LogP contribution is -2.40. The summed E-state index contributed by atoms with van der Waals surface area (Å²) < 4.78 is 10.4. The van der Waals surface area contributed by atoms with Crippen LogP contribution in [0.3, 0.4) is 0 Å². The van der Waals surface area contributed by atoms with E-state index in [4.69, 9.17) is 9.47 Å². The molecule has 0 bridgehead atoms. The van der Waals surface area contributed by atoms with Crippen molar-refractivity contribution in [3.63, 3.8) is 0 Å². The van der Waals surface area contributed by atoms with Crippen molar-refractivity contribution in [1.29, 1.82) is 0 Å². The molecule has 0 aromatic heterocycles. The molecule has 2 fully saturated rings. The molecule has 0 amide bonds. The van der Waals surface area contributed by atoms with Crippen molar-refractivity contribution in [2.24, 2.45) is 29.6 Å². The third-order valence-electron chi connectivity index (χ3n) is 7.06. The molecule has 29 heavy (non-hydrogen) atoms. The summed E-state index contributed by atoms with van der Waals surface area (Å²) in [6, 6.07) is 21.0. The molecule has 2 aromatic carbocycles. The topological polar surface area (TPSA) is 52.6 Å². The van der Waals surface area contributed by atoms with Gasteiger partial charge in [-0.05, 0) is 29.4 Å². The molecule has 1 aliphatic heterocycles. The van der Waals surface area contributed by atoms with Crippen LogP contribution in [0, 0.1) is 29.6 Å². The van der Waals surface area contributed by atoms with Gasteiger partial charge in [-0.3, -0.25) is 9.59 Å². The molecule has 0 unspecified atom stereocenters. The lowest BCUT2D eigenvalue weighted by Gasteiger charge is -2.33. The summed E-state index contributed by atoms with van der Waals surface area (Å²) in [6.07, 6.45) is 5.16. The van der Waals surface area contributed by atoms with Crippen LogP contribution in [-0.4, -0.2) is 25.7 Å². The van der Waals surface area contributed by atoms with Gasteiger partial charge in [-0.2, -0.15) is 0 Å². The molecule has 2 aromatic rings. The fourth-order valence-electron chi connectivity index (χ4n) is 5.65. The van der Waals surface area contributed by atoms with Gasteiger partial charge in [0.1, 0.15) is 0 Å². The van der Waals surface area contributed by atoms with Crippen molar-refractivity contribution in [1.82, 2.24) is 0 Å². The van der Waals surface area contributed by atoms with E-state index in [1.807, 2.05) is 12.1 Å². The maximum Gasteiger partial charge on any atom is 0.310 e. The van der Waals surface area contributed by atoms with E-state index in [1.165, 1.54) is 18.2 Å². The van der Waals surface area contributed by atoms with Crippen LogP contribution in [-0.2, 0) is 24.5 Å². The lowest BCUT2D eigenvalue weighted by atomic mass is 9.68. The fourth-order valence-corrected chi connectivity index (χ4v) is 5.65. The summed E-state index contributed by atoms with van der Waals surface area (Å²) in [6.45, 7) is 0.355. The number of ether oxygens (including phenoxy) is 2. The first-order valence-corrected chi connectivity index (χ1v) is 10.2. The summed E-state index contributed by atoms with van der Waals surface area (Å²) in [5, 5.41) is 0. The summed E-state index contributed by atoms with van der Waals surface area (Å²) >= 11 is 0. The molecule has 3 aliphatic rings. The smallest absolute Gasteiger partial charge is 0.310 e. The van der Waals surface area contributed by atoms with Crippen LogP contribution in [0.5, 0.6) is 0 Å². The van der Waals surface area contributed by atoms with Crippen LogP contribution < -0.4 is 0 Å². The standard InChI is InChI=1S/C25H24O4/c1-28-23(26)22-19(13-12-16-15-29-24(27)21(16)22)20-14-25(20,17-8-4-2-5-9-17)18-10-6-3-7-11-18/h2-13,16,19-22H,14-15H2,1H3/t16-,19+,20-,21-,22+/m1/s1. The number of fused-ring (bicyclic) bond motifs is 1. The van der Waals surface area contributed by atoms with Crippen LogP contribution in [0.2, 0.25) is 0 Å². The number of cyclic esters (lactones) is 1. The highest BCUT2D eigenvalue weighted by Crippen LogP contribution is 2.65. The Balaban J connectivity index is 1.58. The summed E-state index contributed by atoms with van der Waals surface area (Å²) in [5.74, 6) is -1.40. The van der Waals surface area contributed by atoms with Crippen LogP contribution in [0.25, 0.3) is 0 Å². The Bertz CT molecular complexity index is 910. The summed E-state index contributed by atoms with van der Waals surface area (Å²) in [5.41, 5.74) is 2.35. The zero-order valence-corrected chi connectivity index (χ0v) is 16.4. The summed E-state index contributed by atoms with van der Waals surface area (Å²) in [4.78, 5) is 25.3. The zero-order valence-electron chi connectivity index (χ0n) is 16.4. The number of hydrogen-bond acceptors (Lipinski definition) is 4. The molecule has 5 atom stereocenters. The van der Waals surface area contributed by atoms with E-state index in [2.05, 4.69) is 60.7 Å². The van der Waals surface area contributed by atoms with Crippen molar-refractivity contribution in [3.05, 3.63) is 83.9 Å². The molecular formula is C25H24O4. The highest BCUT2D eigenvalue weighted by Gasteiger charge is 2.63. The van der Waals surface area contributed by atoms with E-state index in [-0.39, 0.29) is 35.1 Å². The van der Waals surface area contributed by atoms with Crippen molar-refractivity contribution < 1.29 is 19.1 Å². The number of carbonyl (C=O) groups is 2. The van der Waals surface area contributed by atoms with Gasteiger partial charge in [-0.25, -0.2) is 0 Å². The minimum absolute atomic E-state index is 0.0375. The predicted molar refractivity (Wildman–Crippen MR) is 108 cm³/mol. The number of benzene rings is 2. The van der Waals surface area contributed by atoms with Gasteiger partial charge in [0.05, 0.1) is 25.6 Å². The Labute approximate surface area is 170 Å². The van der Waals surface area contributed by atoms with Crippen LogP contribution in [0.4, 0.5) is 0 Å². The average Bonchev–Trinajstić information content (AvgIpc) is 3.44. The highest BCUT2D eigenvalue weighted by atomic mass is 16.5. The van der Waals surface area contributed by atoms with Crippen molar-refractivity contribution in [2.45, 2.75) is 11.8 Å². The van der Waals surface area contributed by atoms with Gasteiger partial charge in [0.2, 0.25) is 0 Å². The second-order valence-corrected chi connectivity index (χ2v) is 8.34. The third kappa shape index (κ3) is 2.73. The number of allylic oxidation sites excluding steroid dienone is 1. The molecule has 0 N–H and O–H groups in total. The van der Waals surface area contributed by atoms with E-state index in [1.54, 1.807) is 0 Å². The second kappa shape index (κ2) is 6.87. The van der Waals surface area contributed by atoms with E-state index < -0.39 is 11.8 Å². The van der Waals surface area contributed by atoms with Gasteiger partial charge in [0.15, 0.2) is 0 Å². The van der Waals surface area contributed by atoms with Crippen molar-refractivity contribution >= 4 is 11.9 Å². The minimum Gasteiger partial charge on any atom is -0.469 e. The number of rotatable bonds is 4. The number of esters is 2. The maximum absolute atomic E-state index is 12.8. The molecule has 5 rings (SSSR count). The van der Waals surface area contributed by atoms with Crippen LogP contribution in [0.15, 0.2) is 72.8 Å². The number of methoxy groups -OCH3 is 1. The Kier molecular flexibility index (Phi) is 4.30. The predicted octanol–water partition coefficient (Wildman–Crippen LogP) is 3.76. The van der Waals surface area contributed by atoms with Gasteiger partial charge < -0.3 is 9.47 Å². The monoisotopic (exact) mass is 388 g/mol. The Morgan fingerprint density at radius 2 is 1.62 bits per heavy atom. The number of hydrogen-bond donors (Lipinski definition) is 0. The fraction of sp³-hybridized carbons (Fsp3) is 0.360. The van der Waals surface area contributed by atoms with Gasteiger partial charge in [0.25, 0.3) is 0 Å². The number of carbonyl (C=O) groups excluding carboxylic acids is 2. The van der Waals surface area contributed by atoms with Crippen molar-refractivity contribution in [2.75, 3.05) is 13.7 Å². The SMILES string of the molecule is COC(=O)[C@H]1[C@H]([C@H]2CC2(c2ccccc2)c2ccccc2)C=C[C@@H]2COC(=O)[C@@H]12. The van der Waals surface area contributed by atoms with E-state index in [0.29, 0.717) is 6.61 Å². The first kappa shape index (κ1) is 18.2. The molecule has 1 heterocycles. The zero-order chi connectivity index (χ0) is 20.0. The quantitative estimate of drug-likeness (QED) is 0.591. The van der Waals surface area contributed by atoms with Gasteiger partial charge in [-0.15, -0.1) is 0 Å². The molecule has 1 saturated heterocycles. The maximum atomic E-state index is 12.8. The Morgan fingerprint density at radius 1 is 1.00 bits per heavy atom. The molecule has 0 spiro atoms. The molecule has 2 aliphatic carbocycles. The van der Waals surface area contributed by atoms with Crippen molar-refractivity contribution in [3.8, 4) is 0 Å². The minimum atomic E-state index is -0.496. The average molecular weight is 388 g/mol. The molecule has 1 saturated carbocycles. The molecule has 4 nitrogen and oxygen atoms in total. The van der Waals surface area contributed by atoms with E-state index in [0.717, 1.165) is 6.42 Å². The molecule has 148 valence electrons. The molecule has 0 radical (unpaired) electrons. The largest absolute Gasteiger partial charge is 0.469 e. The van der Waals surface area contributed by atoms with Gasteiger partial charge >= 0.3 is 11.9 Å². The molecule has 4 heteroatoms. The highest BCUT2D eigenvalue weighted by molar-refractivity contribution is 5.85. The van der Waals surface area contributed by atoms with Crippen LogP contribution >= 0.6 is 0 Å². The van der Waals surface area contributed by atoms with E-state index in [9.17, 15) is 9.59 Å². The lowest BCUT2D eigenvalue weighted by molar-refractivity contribution is -0.156. The van der Waals surface area contributed by atoms with Gasteiger partial charge in [0, 0.05) is 11.3 Å². The van der Waals surface area contributed by atoms with Gasteiger partial charge in [-0.1, -0.05) is 72.8 Å². The third-order valence-corrected chi connectivity index (χ3v) is 7.06. The first-order chi connectivity index (χ1) is 14.2. The van der Waals surface area contributed by atoms with E-state index >= 15 is 0 Å².